The summed E-state index contributed by atoms with van der Waals surface area (Å²) >= 11 is 5.50. The average molecular weight is 281 g/mol. The number of nitrogens with zero attached hydrogens (tertiary/aromatic N) is 1. The maximum Gasteiger partial charge on any atom is 0.330 e. The lowest BCUT2D eigenvalue weighted by Crippen LogP contribution is -2.41. The van der Waals surface area contributed by atoms with Crippen LogP contribution in [0.25, 0.3) is 0 Å². The minimum absolute atomic E-state index is 0.659. The van der Waals surface area contributed by atoms with E-state index in [9.17, 15) is 19.1 Å². The molecule has 4 atom stereocenters. The molecule has 9 heteroatoms. The van der Waals surface area contributed by atoms with Crippen molar-refractivity contribution in [3.05, 3.63) is 33.1 Å². The van der Waals surface area contributed by atoms with Crippen molar-refractivity contribution in [2.24, 2.45) is 0 Å². The van der Waals surface area contributed by atoms with Gasteiger partial charge in [-0.15, -0.1) is 0 Å². The van der Waals surface area contributed by atoms with Crippen molar-refractivity contribution in [3.63, 3.8) is 0 Å². The van der Waals surface area contributed by atoms with E-state index in [0.29, 0.717) is 4.57 Å². The van der Waals surface area contributed by atoms with Crippen LogP contribution in [-0.4, -0.2) is 43.7 Å². The average Bonchev–Trinajstić information content (AvgIpc) is 2.52. The van der Waals surface area contributed by atoms with Crippen LogP contribution < -0.4 is 11.2 Å². The van der Waals surface area contributed by atoms with E-state index < -0.39 is 41.4 Å². The predicted molar refractivity (Wildman–Crippen MR) is 58.0 cm³/mol. The third-order valence-electron chi connectivity index (χ3n) is 2.66. The monoisotopic (exact) mass is 280 g/mol. The molecule has 0 amide bonds. The number of hydrogen-bond donors (Lipinski definition) is 3. The van der Waals surface area contributed by atoms with E-state index in [1.165, 1.54) is 0 Å². The van der Waals surface area contributed by atoms with Crippen LogP contribution in [0.4, 0.5) is 4.39 Å². The van der Waals surface area contributed by atoms with Gasteiger partial charge in [0.2, 0.25) is 0 Å². The first-order valence-corrected chi connectivity index (χ1v) is 5.39. The lowest BCUT2D eigenvalue weighted by molar-refractivity contribution is -0.0518. The number of nitrogens with one attached hydrogen (secondary N) is 1. The van der Waals surface area contributed by atoms with Gasteiger partial charge in [0.1, 0.15) is 12.2 Å². The molecular formula is C9H10ClFN2O5. The van der Waals surface area contributed by atoms with Crippen molar-refractivity contribution >= 4 is 11.6 Å². The summed E-state index contributed by atoms with van der Waals surface area (Å²) in [6.07, 6.45) is -3.70. The van der Waals surface area contributed by atoms with Crippen LogP contribution >= 0.6 is 11.6 Å². The quantitative estimate of drug-likeness (QED) is 0.584. The van der Waals surface area contributed by atoms with Gasteiger partial charge in [-0.25, -0.2) is 9.18 Å². The molecule has 1 fully saturated rings. The first-order chi connectivity index (χ1) is 8.37. The van der Waals surface area contributed by atoms with Gasteiger partial charge < -0.3 is 14.9 Å². The van der Waals surface area contributed by atoms with Crippen LogP contribution in [0.1, 0.15) is 6.23 Å². The minimum Gasteiger partial charge on any atom is -0.394 e. The van der Waals surface area contributed by atoms with Gasteiger partial charge in [-0.3, -0.25) is 14.3 Å². The zero-order valence-electron chi connectivity index (χ0n) is 8.92. The van der Waals surface area contributed by atoms with Gasteiger partial charge in [0.05, 0.1) is 6.61 Å². The third kappa shape index (κ3) is 1.97. The van der Waals surface area contributed by atoms with Crippen LogP contribution in [0, 0.1) is 0 Å². The van der Waals surface area contributed by atoms with Gasteiger partial charge in [-0.2, -0.15) is 0 Å². The highest BCUT2D eigenvalue weighted by Gasteiger charge is 2.57. The molecule has 1 unspecified atom stereocenters. The molecule has 2 rings (SSSR count). The van der Waals surface area contributed by atoms with Gasteiger partial charge >= 0.3 is 5.69 Å². The molecule has 3 N–H and O–H groups in total. The molecule has 0 saturated carbocycles. The van der Waals surface area contributed by atoms with E-state index in [4.69, 9.17) is 21.4 Å². The van der Waals surface area contributed by atoms with Crippen molar-refractivity contribution in [1.82, 2.24) is 9.55 Å². The second-order valence-corrected chi connectivity index (χ2v) is 4.43. The SMILES string of the molecule is O=c1ccn(C2O[C@H](CO)[C@@H](O)[C@@]2(F)Cl)c(=O)[nH]1. The van der Waals surface area contributed by atoms with Crippen LogP contribution in [0.3, 0.4) is 0 Å². The van der Waals surface area contributed by atoms with Gasteiger partial charge in [0.25, 0.3) is 10.7 Å². The summed E-state index contributed by atoms with van der Waals surface area (Å²) in [4.78, 5) is 24.3. The van der Waals surface area contributed by atoms with E-state index in [1.54, 1.807) is 0 Å². The van der Waals surface area contributed by atoms with E-state index in [0.717, 1.165) is 12.3 Å². The number of halogens is 2. The fraction of sp³-hybridized carbons (Fsp3) is 0.556. The zero-order valence-corrected chi connectivity index (χ0v) is 9.67. The number of rotatable bonds is 2. The van der Waals surface area contributed by atoms with Gasteiger partial charge in [-0.05, 0) is 0 Å². The van der Waals surface area contributed by atoms with Crippen molar-refractivity contribution in [1.29, 1.82) is 0 Å². The summed E-state index contributed by atoms with van der Waals surface area (Å²) in [5.41, 5.74) is -1.59. The van der Waals surface area contributed by atoms with Crippen molar-refractivity contribution in [2.75, 3.05) is 6.61 Å². The Morgan fingerprint density at radius 3 is 2.78 bits per heavy atom. The molecule has 0 radical (unpaired) electrons. The molecule has 1 aromatic heterocycles. The van der Waals surface area contributed by atoms with Crippen molar-refractivity contribution in [2.45, 2.75) is 23.6 Å². The Morgan fingerprint density at radius 1 is 1.61 bits per heavy atom. The second-order valence-electron chi connectivity index (χ2n) is 3.85. The number of ether oxygens (including phenoxy) is 1. The molecule has 1 aromatic rings. The van der Waals surface area contributed by atoms with Crippen molar-refractivity contribution in [3.8, 4) is 0 Å². The molecule has 1 aliphatic heterocycles. The smallest absolute Gasteiger partial charge is 0.330 e. The molecule has 0 spiro atoms. The van der Waals surface area contributed by atoms with Gasteiger partial charge in [0.15, 0.2) is 6.23 Å². The van der Waals surface area contributed by atoms with Crippen LogP contribution in [0.2, 0.25) is 0 Å². The number of hydrogen-bond acceptors (Lipinski definition) is 5. The highest BCUT2D eigenvalue weighted by Crippen LogP contribution is 2.43. The van der Waals surface area contributed by atoms with Crippen molar-refractivity contribution < 1.29 is 19.3 Å². The Labute approximate surface area is 104 Å². The molecule has 2 heterocycles. The number of aromatic amines is 1. The van der Waals surface area contributed by atoms with Crippen LogP contribution in [0.5, 0.6) is 0 Å². The summed E-state index contributed by atoms with van der Waals surface area (Å²) in [7, 11) is 0. The zero-order chi connectivity index (χ0) is 13.5. The summed E-state index contributed by atoms with van der Waals surface area (Å²) in [6, 6.07) is 0.983. The van der Waals surface area contributed by atoms with Gasteiger partial charge in [-0.1, -0.05) is 11.6 Å². The molecule has 100 valence electrons. The number of aliphatic hydroxyl groups is 2. The highest BCUT2D eigenvalue weighted by atomic mass is 35.5. The summed E-state index contributed by atoms with van der Waals surface area (Å²) in [6.45, 7) is -0.659. The van der Waals surface area contributed by atoms with Crippen LogP contribution in [0.15, 0.2) is 21.9 Å². The Kier molecular flexibility index (Phi) is 3.28. The molecular weight excluding hydrogens is 271 g/mol. The lowest BCUT2D eigenvalue weighted by Gasteiger charge is -2.22. The van der Waals surface area contributed by atoms with E-state index in [2.05, 4.69) is 0 Å². The largest absolute Gasteiger partial charge is 0.394 e. The Bertz CT molecular complexity index is 556. The first kappa shape index (κ1) is 13.2. The molecule has 0 aromatic carbocycles. The van der Waals surface area contributed by atoms with Crippen LogP contribution in [-0.2, 0) is 4.74 Å². The lowest BCUT2D eigenvalue weighted by atomic mass is 10.1. The predicted octanol–water partition coefficient (Wildman–Crippen LogP) is -1.31. The molecule has 1 saturated heterocycles. The Balaban J connectivity index is 2.45. The first-order valence-electron chi connectivity index (χ1n) is 5.01. The minimum atomic E-state index is -2.78. The molecule has 0 aliphatic carbocycles. The highest BCUT2D eigenvalue weighted by molar-refractivity contribution is 6.23. The fourth-order valence-corrected chi connectivity index (χ4v) is 2.03. The third-order valence-corrected chi connectivity index (χ3v) is 3.07. The van der Waals surface area contributed by atoms with E-state index in [-0.39, 0.29) is 0 Å². The summed E-state index contributed by atoms with van der Waals surface area (Å²) < 4.78 is 19.8. The summed E-state index contributed by atoms with van der Waals surface area (Å²) in [5.74, 6) is 0. The van der Waals surface area contributed by atoms with E-state index >= 15 is 0 Å². The number of aromatic nitrogens is 2. The standard InChI is InChI=1S/C9H10ClFN2O5/c10-9(11)6(16)4(3-14)18-7(9)13-2-1-5(15)12-8(13)17/h1-2,4,6-7,14,16H,3H2,(H,12,15,17)/t4-,6-,7?,9+/m1/s1. The summed E-state index contributed by atoms with van der Waals surface area (Å²) in [5, 5.41) is 15.6. The molecule has 0 bridgehead atoms. The Morgan fingerprint density at radius 2 is 2.28 bits per heavy atom. The normalized spacial score (nSPS) is 35.9. The maximum absolute atomic E-state index is 14.1. The fourth-order valence-electron chi connectivity index (χ4n) is 1.73. The second kappa shape index (κ2) is 4.47. The van der Waals surface area contributed by atoms with E-state index in [1.807, 2.05) is 4.98 Å². The number of aliphatic hydroxyl groups excluding tert-OH is 2. The number of H-pyrrole nitrogens is 1. The maximum atomic E-state index is 14.1. The number of alkyl halides is 2. The molecule has 1 aliphatic rings. The molecule has 18 heavy (non-hydrogen) atoms. The molecule has 7 nitrogen and oxygen atoms in total. The topological polar surface area (TPSA) is 105 Å². The Hall–Kier alpha value is -1.22. The van der Waals surface area contributed by atoms with Gasteiger partial charge in [0, 0.05) is 12.3 Å².